The first-order valence-corrected chi connectivity index (χ1v) is 7.30. The number of piperidine rings is 1. The van der Waals surface area contributed by atoms with Crippen LogP contribution >= 0.6 is 0 Å². The van der Waals surface area contributed by atoms with E-state index in [0.717, 1.165) is 25.9 Å². The van der Waals surface area contributed by atoms with Crippen molar-refractivity contribution < 1.29 is 9.53 Å². The molecule has 1 aliphatic rings. The molecule has 1 rings (SSSR count). The first-order valence-electron chi connectivity index (χ1n) is 7.30. The number of rotatable bonds is 3. The quantitative estimate of drug-likeness (QED) is 0.857. The minimum atomic E-state index is -0.408. The second-order valence-corrected chi connectivity index (χ2v) is 7.27. The molecule has 4 heteroatoms. The van der Waals surface area contributed by atoms with Crippen LogP contribution in [0.15, 0.2) is 0 Å². The molecule has 1 N–H and O–H groups in total. The van der Waals surface area contributed by atoms with E-state index in [1.165, 1.54) is 6.42 Å². The zero-order valence-corrected chi connectivity index (χ0v) is 13.4. The molecule has 112 valence electrons. The fourth-order valence-corrected chi connectivity index (χ4v) is 2.55. The number of amides is 1. The molecule has 0 aromatic rings. The van der Waals surface area contributed by atoms with Crippen LogP contribution in [0.4, 0.5) is 4.79 Å². The van der Waals surface area contributed by atoms with E-state index >= 15 is 0 Å². The predicted molar refractivity (Wildman–Crippen MR) is 78.3 cm³/mol. The van der Waals surface area contributed by atoms with Gasteiger partial charge in [0.1, 0.15) is 5.60 Å². The van der Waals surface area contributed by atoms with E-state index in [1.54, 1.807) is 0 Å². The highest BCUT2D eigenvalue weighted by Crippen LogP contribution is 2.26. The van der Waals surface area contributed by atoms with Gasteiger partial charge in [-0.1, -0.05) is 0 Å². The Hall–Kier alpha value is -0.770. The third kappa shape index (κ3) is 5.81. The lowest BCUT2D eigenvalue weighted by Crippen LogP contribution is -2.46. The monoisotopic (exact) mass is 270 g/mol. The van der Waals surface area contributed by atoms with Crippen molar-refractivity contribution in [2.75, 3.05) is 20.1 Å². The predicted octanol–water partition coefficient (Wildman–Crippen LogP) is 3.02. The molecule has 0 radical (unpaired) electrons. The van der Waals surface area contributed by atoms with Crippen molar-refractivity contribution in [2.45, 2.75) is 65.0 Å². The van der Waals surface area contributed by atoms with E-state index < -0.39 is 5.60 Å². The van der Waals surface area contributed by atoms with Gasteiger partial charge in [0.15, 0.2) is 0 Å². The van der Waals surface area contributed by atoms with Crippen LogP contribution in [0.2, 0.25) is 0 Å². The molecule has 1 aliphatic heterocycles. The number of likely N-dealkylation sites (tertiary alicyclic amines) is 1. The largest absolute Gasteiger partial charge is 0.444 e. The van der Waals surface area contributed by atoms with Crippen molar-refractivity contribution in [3.8, 4) is 0 Å². The summed E-state index contributed by atoms with van der Waals surface area (Å²) in [4.78, 5) is 13.9. The van der Waals surface area contributed by atoms with Gasteiger partial charge in [0.05, 0.1) is 0 Å². The highest BCUT2D eigenvalue weighted by molar-refractivity contribution is 5.68. The molecule has 1 fully saturated rings. The molecule has 0 aliphatic carbocycles. The molecular weight excluding hydrogens is 240 g/mol. The smallest absolute Gasteiger partial charge is 0.410 e. The fraction of sp³-hybridized carbons (Fsp3) is 0.933. The van der Waals surface area contributed by atoms with Crippen LogP contribution in [-0.4, -0.2) is 42.3 Å². The second-order valence-electron chi connectivity index (χ2n) is 7.27. The Morgan fingerprint density at radius 3 is 2.47 bits per heavy atom. The Morgan fingerprint density at radius 2 is 1.95 bits per heavy atom. The molecule has 1 amide bonds. The molecule has 19 heavy (non-hydrogen) atoms. The van der Waals surface area contributed by atoms with Gasteiger partial charge >= 0.3 is 6.09 Å². The minimum Gasteiger partial charge on any atom is -0.444 e. The lowest BCUT2D eigenvalue weighted by atomic mass is 9.85. The normalized spacial score (nSPS) is 21.4. The van der Waals surface area contributed by atoms with Crippen molar-refractivity contribution in [3.63, 3.8) is 0 Å². The summed E-state index contributed by atoms with van der Waals surface area (Å²) < 4.78 is 5.45. The van der Waals surface area contributed by atoms with Gasteiger partial charge < -0.3 is 15.0 Å². The maximum atomic E-state index is 12.1. The van der Waals surface area contributed by atoms with Crippen LogP contribution < -0.4 is 5.32 Å². The number of ether oxygens (including phenoxy) is 1. The van der Waals surface area contributed by atoms with Crippen LogP contribution in [0.25, 0.3) is 0 Å². The van der Waals surface area contributed by atoms with Gasteiger partial charge in [-0.2, -0.15) is 0 Å². The minimum absolute atomic E-state index is 0.127. The summed E-state index contributed by atoms with van der Waals surface area (Å²) in [5.41, 5.74) is -0.282. The number of nitrogens with one attached hydrogen (secondary N) is 1. The van der Waals surface area contributed by atoms with E-state index in [0.29, 0.717) is 5.92 Å². The van der Waals surface area contributed by atoms with Crippen molar-refractivity contribution >= 4 is 6.09 Å². The Kier molecular flexibility index (Phi) is 5.25. The molecule has 1 unspecified atom stereocenters. The topological polar surface area (TPSA) is 41.6 Å². The summed E-state index contributed by atoms with van der Waals surface area (Å²) in [5, 5.41) is 3.34. The summed E-state index contributed by atoms with van der Waals surface area (Å²) in [7, 11) is 1.99. The molecular formula is C15H30N2O2. The maximum Gasteiger partial charge on any atom is 0.410 e. The van der Waals surface area contributed by atoms with Crippen molar-refractivity contribution in [2.24, 2.45) is 5.92 Å². The summed E-state index contributed by atoms with van der Waals surface area (Å²) in [6.45, 7) is 11.8. The van der Waals surface area contributed by atoms with Crippen LogP contribution in [0.3, 0.4) is 0 Å². The van der Waals surface area contributed by atoms with E-state index in [2.05, 4.69) is 19.2 Å². The Bertz CT molecular complexity index is 308. The Labute approximate surface area is 117 Å². The molecule has 0 saturated carbocycles. The summed E-state index contributed by atoms with van der Waals surface area (Å²) in [6, 6.07) is 0. The average molecular weight is 270 g/mol. The number of carbonyl (C=O) groups is 1. The number of nitrogens with zero attached hydrogens (tertiary/aromatic N) is 1. The van der Waals surface area contributed by atoms with Gasteiger partial charge in [-0.15, -0.1) is 0 Å². The number of hydrogen-bond donors (Lipinski definition) is 1. The van der Waals surface area contributed by atoms with E-state index in [1.807, 2.05) is 32.7 Å². The lowest BCUT2D eigenvalue weighted by Gasteiger charge is -2.37. The van der Waals surface area contributed by atoms with Crippen molar-refractivity contribution in [3.05, 3.63) is 0 Å². The average Bonchev–Trinajstić information content (AvgIpc) is 2.26. The zero-order chi connectivity index (χ0) is 14.7. The van der Waals surface area contributed by atoms with Gasteiger partial charge in [-0.3, -0.25) is 0 Å². The number of carbonyl (C=O) groups excluding carboxylic acids is 1. The summed E-state index contributed by atoms with van der Waals surface area (Å²) >= 11 is 0. The third-order valence-electron chi connectivity index (χ3n) is 3.65. The highest BCUT2D eigenvalue weighted by atomic mass is 16.6. The first kappa shape index (κ1) is 16.3. The van der Waals surface area contributed by atoms with E-state index in [-0.39, 0.29) is 11.6 Å². The molecule has 1 heterocycles. The molecule has 4 nitrogen and oxygen atoms in total. The summed E-state index contributed by atoms with van der Waals surface area (Å²) in [6.07, 6.45) is 3.19. The molecule has 0 bridgehead atoms. The van der Waals surface area contributed by atoms with Crippen LogP contribution in [-0.2, 0) is 4.74 Å². The van der Waals surface area contributed by atoms with Crippen LogP contribution in [0, 0.1) is 5.92 Å². The third-order valence-corrected chi connectivity index (χ3v) is 3.65. The Balaban J connectivity index is 2.53. The highest BCUT2D eigenvalue weighted by Gasteiger charge is 2.30. The standard InChI is InChI=1S/C15H30N2O2/c1-14(2,3)19-13(18)17-9-7-8-12(11-17)10-15(4,5)16-6/h12,16H,7-11H2,1-6H3. The maximum absolute atomic E-state index is 12.1. The SMILES string of the molecule is CNC(C)(C)CC1CCCN(C(=O)OC(C)(C)C)C1. The number of hydrogen-bond acceptors (Lipinski definition) is 3. The van der Waals surface area contributed by atoms with Crippen LogP contribution in [0.1, 0.15) is 53.9 Å². The molecule has 1 atom stereocenters. The second kappa shape index (κ2) is 6.12. The van der Waals surface area contributed by atoms with E-state index in [9.17, 15) is 4.79 Å². The molecule has 0 aromatic heterocycles. The van der Waals surface area contributed by atoms with Crippen molar-refractivity contribution in [1.29, 1.82) is 0 Å². The summed E-state index contributed by atoms with van der Waals surface area (Å²) in [5.74, 6) is 0.559. The van der Waals surface area contributed by atoms with Crippen molar-refractivity contribution in [1.82, 2.24) is 10.2 Å². The molecule has 0 spiro atoms. The zero-order valence-electron chi connectivity index (χ0n) is 13.4. The van der Waals surface area contributed by atoms with E-state index in [4.69, 9.17) is 4.74 Å². The van der Waals surface area contributed by atoms with Gasteiger partial charge in [-0.05, 0) is 66.8 Å². The van der Waals surface area contributed by atoms with Gasteiger partial charge in [-0.25, -0.2) is 4.79 Å². The van der Waals surface area contributed by atoms with Gasteiger partial charge in [0.25, 0.3) is 0 Å². The van der Waals surface area contributed by atoms with Gasteiger partial charge in [0, 0.05) is 18.6 Å². The molecule has 1 saturated heterocycles. The molecule has 0 aromatic carbocycles. The first-order chi connectivity index (χ1) is 8.63. The van der Waals surface area contributed by atoms with Gasteiger partial charge in [0.2, 0.25) is 0 Å². The lowest BCUT2D eigenvalue weighted by molar-refractivity contribution is 0.0148. The fourth-order valence-electron chi connectivity index (χ4n) is 2.55. The van der Waals surface area contributed by atoms with Crippen LogP contribution in [0.5, 0.6) is 0 Å². The Morgan fingerprint density at radius 1 is 1.32 bits per heavy atom.